The number of carbonyl (C=O) groups is 1. The van der Waals surface area contributed by atoms with Crippen LogP contribution in [0.15, 0.2) is 72.9 Å². The first-order chi connectivity index (χ1) is 14.5. The van der Waals surface area contributed by atoms with Crippen molar-refractivity contribution in [2.24, 2.45) is 0 Å². The first-order valence-corrected chi connectivity index (χ1v) is 10.2. The molecule has 0 aliphatic heterocycles. The van der Waals surface area contributed by atoms with Gasteiger partial charge < -0.3 is 10.3 Å². The number of rotatable bonds is 6. The van der Waals surface area contributed by atoms with Gasteiger partial charge in [-0.25, -0.2) is 4.39 Å². The number of halogens is 2. The maximum absolute atomic E-state index is 14.8. The third kappa shape index (κ3) is 4.39. The van der Waals surface area contributed by atoms with Gasteiger partial charge in [0.05, 0.1) is 0 Å². The minimum atomic E-state index is -0.437. The fourth-order valence-corrected chi connectivity index (χ4v) is 3.95. The number of H-pyrrole nitrogens is 1. The highest BCUT2D eigenvalue weighted by atomic mass is 35.5. The predicted molar refractivity (Wildman–Crippen MR) is 119 cm³/mol. The van der Waals surface area contributed by atoms with Crippen LogP contribution >= 0.6 is 11.6 Å². The van der Waals surface area contributed by atoms with Crippen molar-refractivity contribution in [3.63, 3.8) is 0 Å². The summed E-state index contributed by atoms with van der Waals surface area (Å²) in [6, 6.07) is 20.3. The van der Waals surface area contributed by atoms with Crippen LogP contribution in [0.5, 0.6) is 0 Å². The Morgan fingerprint density at radius 2 is 1.87 bits per heavy atom. The predicted octanol–water partition coefficient (Wildman–Crippen LogP) is 6.11. The first-order valence-electron chi connectivity index (χ1n) is 9.84. The van der Waals surface area contributed by atoms with E-state index in [1.54, 1.807) is 12.1 Å². The quantitative estimate of drug-likeness (QED) is 0.388. The molecule has 0 saturated heterocycles. The van der Waals surface area contributed by atoms with Crippen LogP contribution in [-0.2, 0) is 11.3 Å². The number of carbonyl (C=O) groups excluding carboxylic acids is 1. The van der Waals surface area contributed by atoms with Gasteiger partial charge in [-0.1, -0.05) is 59.6 Å². The molecule has 30 heavy (non-hydrogen) atoms. The molecule has 0 fully saturated rings. The van der Waals surface area contributed by atoms with Crippen LogP contribution in [-0.4, -0.2) is 10.9 Å². The lowest BCUT2D eigenvalue weighted by molar-refractivity contribution is -0.121. The molecule has 0 radical (unpaired) electrons. The zero-order chi connectivity index (χ0) is 21.1. The Morgan fingerprint density at radius 3 is 2.67 bits per heavy atom. The van der Waals surface area contributed by atoms with E-state index in [-0.39, 0.29) is 18.1 Å². The fourth-order valence-electron chi connectivity index (χ4n) is 3.77. The van der Waals surface area contributed by atoms with Gasteiger partial charge in [-0.05, 0) is 47.9 Å². The lowest BCUT2D eigenvalue weighted by atomic mass is 9.87. The average Bonchev–Trinajstić information content (AvgIpc) is 3.16. The molecular weight excluding hydrogens is 399 g/mol. The molecule has 0 aliphatic rings. The van der Waals surface area contributed by atoms with Crippen LogP contribution in [0.1, 0.15) is 34.6 Å². The Labute approximate surface area is 179 Å². The second-order valence-electron chi connectivity index (χ2n) is 7.48. The van der Waals surface area contributed by atoms with E-state index >= 15 is 0 Å². The van der Waals surface area contributed by atoms with Crippen molar-refractivity contribution in [3.05, 3.63) is 106 Å². The summed E-state index contributed by atoms with van der Waals surface area (Å²) in [6.07, 6.45) is 1.98. The Bertz CT molecular complexity index is 1190. The molecule has 1 aromatic heterocycles. The molecule has 1 atom stereocenters. The third-order valence-electron chi connectivity index (χ3n) is 5.30. The van der Waals surface area contributed by atoms with Gasteiger partial charge in [0.25, 0.3) is 0 Å². The highest BCUT2D eigenvalue weighted by Gasteiger charge is 2.24. The van der Waals surface area contributed by atoms with Crippen molar-refractivity contribution in [3.8, 4) is 0 Å². The van der Waals surface area contributed by atoms with Gasteiger partial charge in [0, 0.05) is 41.0 Å². The standard InChI is InChI=1S/C25H22ClFN2O/c1-16-7-9-23(27)20(11-16)19(13-25(30)29-14-17-5-3-2-4-6-17)22-15-28-24-10-8-18(26)12-21(22)24/h2-12,15,19,28H,13-14H2,1H3,(H,29,30). The van der Waals surface area contributed by atoms with Crippen molar-refractivity contribution in [1.82, 2.24) is 10.3 Å². The van der Waals surface area contributed by atoms with E-state index < -0.39 is 5.92 Å². The van der Waals surface area contributed by atoms with Crippen LogP contribution in [0.3, 0.4) is 0 Å². The molecule has 1 unspecified atom stereocenters. The number of hydrogen-bond donors (Lipinski definition) is 2. The molecule has 2 N–H and O–H groups in total. The highest BCUT2D eigenvalue weighted by molar-refractivity contribution is 6.31. The number of nitrogens with one attached hydrogen (secondary N) is 2. The number of aromatic amines is 1. The summed E-state index contributed by atoms with van der Waals surface area (Å²) in [5, 5.41) is 4.45. The van der Waals surface area contributed by atoms with E-state index in [9.17, 15) is 9.18 Å². The summed E-state index contributed by atoms with van der Waals surface area (Å²) in [5.74, 6) is -0.896. The zero-order valence-electron chi connectivity index (χ0n) is 16.6. The molecule has 3 nitrogen and oxygen atoms in total. The van der Waals surface area contributed by atoms with Crippen LogP contribution in [0.4, 0.5) is 4.39 Å². The Morgan fingerprint density at radius 1 is 1.07 bits per heavy atom. The molecule has 0 aliphatic carbocycles. The van der Waals surface area contributed by atoms with Crippen LogP contribution in [0.25, 0.3) is 10.9 Å². The summed E-state index contributed by atoms with van der Waals surface area (Å²) < 4.78 is 14.8. The van der Waals surface area contributed by atoms with Gasteiger partial charge in [0.2, 0.25) is 5.91 Å². The summed E-state index contributed by atoms with van der Waals surface area (Å²) in [5.41, 5.74) is 4.22. The van der Waals surface area contributed by atoms with Gasteiger partial charge >= 0.3 is 0 Å². The summed E-state index contributed by atoms with van der Waals surface area (Å²) in [7, 11) is 0. The van der Waals surface area contributed by atoms with E-state index in [0.717, 1.165) is 27.6 Å². The highest BCUT2D eigenvalue weighted by Crippen LogP contribution is 2.36. The smallest absolute Gasteiger partial charge is 0.221 e. The van der Waals surface area contributed by atoms with Crippen LogP contribution in [0.2, 0.25) is 5.02 Å². The minimum absolute atomic E-state index is 0.132. The van der Waals surface area contributed by atoms with Gasteiger partial charge in [-0.3, -0.25) is 4.79 Å². The van der Waals surface area contributed by atoms with Gasteiger partial charge in [0.15, 0.2) is 0 Å². The SMILES string of the molecule is Cc1ccc(F)c(C(CC(=O)NCc2ccccc2)c2c[nH]c3ccc(Cl)cc23)c1. The van der Waals surface area contributed by atoms with E-state index in [4.69, 9.17) is 11.6 Å². The van der Waals surface area contributed by atoms with Gasteiger partial charge in [0.1, 0.15) is 5.82 Å². The van der Waals surface area contributed by atoms with E-state index in [2.05, 4.69) is 10.3 Å². The molecule has 152 valence electrons. The average molecular weight is 421 g/mol. The number of benzene rings is 3. The third-order valence-corrected chi connectivity index (χ3v) is 5.54. The van der Waals surface area contributed by atoms with Gasteiger partial charge in [-0.2, -0.15) is 0 Å². The lowest BCUT2D eigenvalue weighted by Crippen LogP contribution is -2.25. The Hall–Kier alpha value is -3.11. The molecule has 3 aromatic carbocycles. The van der Waals surface area contributed by atoms with Crippen molar-refractivity contribution >= 4 is 28.4 Å². The van der Waals surface area contributed by atoms with E-state index in [1.165, 1.54) is 6.07 Å². The topological polar surface area (TPSA) is 44.9 Å². The molecule has 0 spiro atoms. The van der Waals surface area contributed by atoms with E-state index in [0.29, 0.717) is 17.1 Å². The summed E-state index contributed by atoms with van der Waals surface area (Å²) >= 11 is 6.21. The maximum Gasteiger partial charge on any atom is 0.221 e. The van der Waals surface area contributed by atoms with Gasteiger partial charge in [-0.15, -0.1) is 0 Å². The van der Waals surface area contributed by atoms with Crippen molar-refractivity contribution in [2.75, 3.05) is 0 Å². The molecule has 4 rings (SSSR count). The van der Waals surface area contributed by atoms with Crippen LogP contribution in [0, 0.1) is 12.7 Å². The largest absolute Gasteiger partial charge is 0.361 e. The number of fused-ring (bicyclic) bond motifs is 1. The maximum atomic E-state index is 14.8. The number of hydrogen-bond acceptors (Lipinski definition) is 1. The number of aromatic nitrogens is 1. The molecule has 4 aromatic rings. The number of amides is 1. The fraction of sp³-hybridized carbons (Fsp3) is 0.160. The molecule has 0 saturated carbocycles. The Balaban J connectivity index is 1.68. The monoisotopic (exact) mass is 420 g/mol. The van der Waals surface area contributed by atoms with Crippen molar-refractivity contribution < 1.29 is 9.18 Å². The normalized spacial score (nSPS) is 12.1. The van der Waals surface area contributed by atoms with Crippen molar-refractivity contribution in [1.29, 1.82) is 0 Å². The zero-order valence-corrected chi connectivity index (χ0v) is 17.3. The lowest BCUT2D eigenvalue weighted by Gasteiger charge is -2.19. The second-order valence-corrected chi connectivity index (χ2v) is 7.91. The molecular formula is C25H22ClFN2O. The molecule has 5 heteroatoms. The molecule has 0 bridgehead atoms. The number of aryl methyl sites for hydroxylation is 1. The molecule has 1 amide bonds. The Kier molecular flexibility index (Phi) is 5.86. The molecule has 1 heterocycles. The second kappa shape index (κ2) is 8.72. The van der Waals surface area contributed by atoms with Crippen LogP contribution < -0.4 is 5.32 Å². The summed E-state index contributed by atoms with van der Waals surface area (Å²) in [6.45, 7) is 2.35. The minimum Gasteiger partial charge on any atom is -0.361 e. The summed E-state index contributed by atoms with van der Waals surface area (Å²) in [4.78, 5) is 16.0. The first kappa shape index (κ1) is 20.2. The van der Waals surface area contributed by atoms with Crippen molar-refractivity contribution in [2.45, 2.75) is 25.8 Å². The van der Waals surface area contributed by atoms with E-state index in [1.807, 2.05) is 61.7 Å².